The summed E-state index contributed by atoms with van der Waals surface area (Å²) in [5.41, 5.74) is 4.82. The van der Waals surface area contributed by atoms with Crippen molar-refractivity contribution in [3.8, 4) is 0 Å². The van der Waals surface area contributed by atoms with Gasteiger partial charge in [-0.3, -0.25) is 4.99 Å². The summed E-state index contributed by atoms with van der Waals surface area (Å²) >= 11 is 0. The van der Waals surface area contributed by atoms with E-state index >= 15 is 0 Å². The SMILES string of the molecule is C/C=C(\C=NC(=C(C)C)C(C)C)c1ccccc1. The second-order valence-corrected chi connectivity index (χ2v) is 4.91. The zero-order valence-corrected chi connectivity index (χ0v) is 12.1. The van der Waals surface area contributed by atoms with Gasteiger partial charge >= 0.3 is 0 Å². The van der Waals surface area contributed by atoms with E-state index in [1.807, 2.05) is 19.2 Å². The lowest BCUT2D eigenvalue weighted by Gasteiger charge is -2.09. The first-order valence-corrected chi connectivity index (χ1v) is 6.49. The summed E-state index contributed by atoms with van der Waals surface area (Å²) in [5, 5.41) is 0. The van der Waals surface area contributed by atoms with Gasteiger partial charge in [-0.1, -0.05) is 55.8 Å². The molecule has 0 N–H and O–H groups in total. The van der Waals surface area contributed by atoms with Gasteiger partial charge < -0.3 is 0 Å². The lowest BCUT2D eigenvalue weighted by atomic mass is 10.1. The van der Waals surface area contributed by atoms with E-state index in [4.69, 9.17) is 0 Å². The van der Waals surface area contributed by atoms with Gasteiger partial charge in [-0.05, 0) is 37.8 Å². The van der Waals surface area contributed by atoms with Gasteiger partial charge in [0.2, 0.25) is 0 Å². The first kappa shape index (κ1) is 14.4. The Morgan fingerprint density at radius 2 is 1.72 bits per heavy atom. The topological polar surface area (TPSA) is 12.4 Å². The molecule has 0 unspecified atom stereocenters. The Morgan fingerprint density at radius 1 is 1.11 bits per heavy atom. The highest BCUT2D eigenvalue weighted by atomic mass is 14.7. The molecule has 0 atom stereocenters. The second-order valence-electron chi connectivity index (χ2n) is 4.91. The number of allylic oxidation sites excluding steroid dienone is 4. The molecule has 0 aliphatic heterocycles. The number of aliphatic imine (C=N–C) groups is 1. The van der Waals surface area contributed by atoms with Crippen molar-refractivity contribution in [2.75, 3.05) is 0 Å². The van der Waals surface area contributed by atoms with Crippen molar-refractivity contribution < 1.29 is 0 Å². The van der Waals surface area contributed by atoms with Crippen molar-refractivity contribution in [3.63, 3.8) is 0 Å². The van der Waals surface area contributed by atoms with Crippen LogP contribution in [-0.4, -0.2) is 6.21 Å². The van der Waals surface area contributed by atoms with E-state index in [-0.39, 0.29) is 0 Å². The molecule has 1 rings (SSSR count). The number of nitrogens with zero attached hydrogens (tertiary/aromatic N) is 1. The van der Waals surface area contributed by atoms with Crippen molar-refractivity contribution in [1.29, 1.82) is 0 Å². The minimum absolute atomic E-state index is 0.458. The molecule has 1 aromatic rings. The van der Waals surface area contributed by atoms with E-state index in [9.17, 15) is 0 Å². The molecule has 0 amide bonds. The van der Waals surface area contributed by atoms with E-state index in [1.54, 1.807) is 0 Å². The standard InChI is InChI=1S/C17H23N/c1-6-15(16-10-8-7-9-11-16)12-18-17(13(2)3)14(4)5/h6-13H,1-5H3/b15-6+,18-12?. The Labute approximate surface area is 111 Å². The molecule has 0 bridgehead atoms. The van der Waals surface area contributed by atoms with Crippen LogP contribution in [0, 0.1) is 5.92 Å². The molecule has 18 heavy (non-hydrogen) atoms. The maximum Gasteiger partial charge on any atom is 0.0415 e. The largest absolute Gasteiger partial charge is 0.260 e. The van der Waals surface area contributed by atoms with Crippen LogP contribution in [0.3, 0.4) is 0 Å². The van der Waals surface area contributed by atoms with Crippen LogP contribution >= 0.6 is 0 Å². The normalized spacial score (nSPS) is 12.2. The first-order valence-electron chi connectivity index (χ1n) is 6.49. The van der Waals surface area contributed by atoms with Crippen molar-refractivity contribution in [3.05, 3.63) is 53.2 Å². The second kappa shape index (κ2) is 6.95. The van der Waals surface area contributed by atoms with Gasteiger partial charge in [-0.2, -0.15) is 0 Å². The van der Waals surface area contributed by atoms with E-state index in [0.717, 1.165) is 5.57 Å². The van der Waals surface area contributed by atoms with E-state index in [2.05, 4.69) is 63.0 Å². The fourth-order valence-corrected chi connectivity index (χ4v) is 1.94. The van der Waals surface area contributed by atoms with Crippen molar-refractivity contribution >= 4 is 11.8 Å². The molecule has 0 heterocycles. The molecule has 1 aromatic carbocycles. The number of hydrogen-bond acceptors (Lipinski definition) is 1. The third kappa shape index (κ3) is 3.99. The molecule has 0 aliphatic carbocycles. The van der Waals surface area contributed by atoms with Gasteiger partial charge in [0.05, 0.1) is 0 Å². The van der Waals surface area contributed by atoms with Gasteiger partial charge in [0.25, 0.3) is 0 Å². The molecule has 0 saturated heterocycles. The van der Waals surface area contributed by atoms with E-state index < -0.39 is 0 Å². The Hall–Kier alpha value is -1.63. The molecule has 0 fully saturated rings. The van der Waals surface area contributed by atoms with E-state index in [1.165, 1.54) is 16.8 Å². The Morgan fingerprint density at radius 3 is 2.17 bits per heavy atom. The van der Waals surface area contributed by atoms with Crippen LogP contribution in [0.15, 0.2) is 52.7 Å². The molecule has 0 radical (unpaired) electrons. The molecule has 0 saturated carbocycles. The van der Waals surface area contributed by atoms with Crippen LogP contribution in [0.25, 0.3) is 5.57 Å². The van der Waals surface area contributed by atoms with Gasteiger partial charge in [0, 0.05) is 11.9 Å². The summed E-state index contributed by atoms with van der Waals surface area (Å²) in [4.78, 5) is 4.66. The number of benzene rings is 1. The molecular weight excluding hydrogens is 218 g/mol. The van der Waals surface area contributed by atoms with Crippen molar-refractivity contribution in [1.82, 2.24) is 0 Å². The smallest absolute Gasteiger partial charge is 0.0415 e. The van der Waals surface area contributed by atoms with Gasteiger partial charge in [-0.15, -0.1) is 0 Å². The molecule has 1 heteroatoms. The molecule has 1 nitrogen and oxygen atoms in total. The van der Waals surface area contributed by atoms with Crippen LogP contribution in [0.2, 0.25) is 0 Å². The summed E-state index contributed by atoms with van der Waals surface area (Å²) in [6.45, 7) is 10.6. The zero-order chi connectivity index (χ0) is 13.5. The van der Waals surface area contributed by atoms with Crippen LogP contribution < -0.4 is 0 Å². The highest BCUT2D eigenvalue weighted by Crippen LogP contribution is 2.18. The Balaban J connectivity index is 2.99. The minimum Gasteiger partial charge on any atom is -0.260 e. The fraction of sp³-hybridized carbons (Fsp3) is 0.353. The third-order valence-corrected chi connectivity index (χ3v) is 2.82. The Kier molecular flexibility index (Phi) is 5.57. The fourth-order valence-electron chi connectivity index (χ4n) is 1.94. The van der Waals surface area contributed by atoms with Crippen LogP contribution in [0.1, 0.15) is 40.2 Å². The third-order valence-electron chi connectivity index (χ3n) is 2.82. The lowest BCUT2D eigenvalue weighted by Crippen LogP contribution is -1.95. The van der Waals surface area contributed by atoms with Gasteiger partial charge in [0.1, 0.15) is 0 Å². The number of hydrogen-bond donors (Lipinski definition) is 0. The Bertz CT molecular complexity index is 458. The molecule has 0 spiro atoms. The molecule has 96 valence electrons. The van der Waals surface area contributed by atoms with Crippen LogP contribution in [-0.2, 0) is 0 Å². The lowest BCUT2D eigenvalue weighted by molar-refractivity contribution is 0.746. The van der Waals surface area contributed by atoms with Crippen molar-refractivity contribution in [2.45, 2.75) is 34.6 Å². The summed E-state index contributed by atoms with van der Waals surface area (Å²) in [6.07, 6.45) is 4.07. The molecular formula is C17H23N. The van der Waals surface area contributed by atoms with Crippen LogP contribution in [0.5, 0.6) is 0 Å². The maximum atomic E-state index is 4.66. The van der Waals surface area contributed by atoms with Crippen LogP contribution in [0.4, 0.5) is 0 Å². The summed E-state index contributed by atoms with van der Waals surface area (Å²) < 4.78 is 0. The quantitative estimate of drug-likeness (QED) is 0.649. The van der Waals surface area contributed by atoms with E-state index in [0.29, 0.717) is 5.92 Å². The zero-order valence-electron chi connectivity index (χ0n) is 12.1. The highest BCUT2D eigenvalue weighted by Gasteiger charge is 2.03. The maximum absolute atomic E-state index is 4.66. The summed E-state index contributed by atoms with van der Waals surface area (Å²) in [5.74, 6) is 0.458. The predicted octanol–water partition coefficient (Wildman–Crippen LogP) is 5.11. The average Bonchev–Trinajstić information content (AvgIpc) is 2.34. The monoisotopic (exact) mass is 241 g/mol. The predicted molar refractivity (Wildman–Crippen MR) is 81.8 cm³/mol. The minimum atomic E-state index is 0.458. The first-order chi connectivity index (χ1) is 8.56. The summed E-state index contributed by atoms with van der Waals surface area (Å²) in [7, 11) is 0. The highest BCUT2D eigenvalue weighted by molar-refractivity contribution is 6.09. The molecule has 0 aliphatic rings. The van der Waals surface area contributed by atoms with Gasteiger partial charge in [-0.25, -0.2) is 0 Å². The number of rotatable bonds is 4. The van der Waals surface area contributed by atoms with Gasteiger partial charge in [0.15, 0.2) is 0 Å². The van der Waals surface area contributed by atoms with Crippen molar-refractivity contribution in [2.24, 2.45) is 10.9 Å². The molecule has 0 aromatic heterocycles. The average molecular weight is 241 g/mol. The summed E-state index contributed by atoms with van der Waals surface area (Å²) in [6, 6.07) is 10.4.